The molecular formula is C19H15ClN2O2S2. The fraction of sp³-hybridized carbons (Fsp3) is 0.105. The zero-order valence-electron chi connectivity index (χ0n) is 13.6. The molecule has 0 spiro atoms. The van der Waals surface area contributed by atoms with Crippen LogP contribution in [0.5, 0.6) is 0 Å². The molecule has 1 heterocycles. The molecule has 2 aromatic carbocycles. The normalized spacial score (nSPS) is 15.6. The maximum Gasteiger partial charge on any atom is 0.266 e. The molecule has 132 valence electrons. The van der Waals surface area contributed by atoms with Crippen LogP contribution in [0.25, 0.3) is 6.08 Å². The number of carbonyl (C=O) groups excluding carboxylic acids is 2. The summed E-state index contributed by atoms with van der Waals surface area (Å²) in [4.78, 5) is 26.6. The highest BCUT2D eigenvalue weighted by Crippen LogP contribution is 2.32. The maximum absolute atomic E-state index is 12.5. The third-order valence-corrected chi connectivity index (χ3v) is 5.29. The van der Waals surface area contributed by atoms with Crippen molar-refractivity contribution in [2.45, 2.75) is 6.42 Å². The van der Waals surface area contributed by atoms with Crippen LogP contribution in [0.1, 0.15) is 12.0 Å². The van der Waals surface area contributed by atoms with Gasteiger partial charge in [-0.15, -0.1) is 0 Å². The molecule has 26 heavy (non-hydrogen) atoms. The number of thioether (sulfide) groups is 1. The lowest BCUT2D eigenvalue weighted by atomic mass is 10.2. The molecular weight excluding hydrogens is 388 g/mol. The van der Waals surface area contributed by atoms with E-state index < -0.39 is 0 Å². The first-order valence-electron chi connectivity index (χ1n) is 7.89. The SMILES string of the molecule is O=C(CCN1C(=O)C(=Cc2ccc(Cl)cc2)SC1=S)Nc1ccccc1. The van der Waals surface area contributed by atoms with E-state index in [1.165, 1.54) is 16.7 Å². The fourth-order valence-corrected chi connectivity index (χ4v) is 3.80. The quantitative estimate of drug-likeness (QED) is 0.588. The van der Waals surface area contributed by atoms with Gasteiger partial charge >= 0.3 is 0 Å². The highest BCUT2D eigenvalue weighted by molar-refractivity contribution is 8.26. The highest BCUT2D eigenvalue weighted by atomic mass is 35.5. The number of anilines is 1. The number of amides is 2. The van der Waals surface area contributed by atoms with Crippen molar-refractivity contribution in [2.24, 2.45) is 0 Å². The Bertz CT molecular complexity index is 867. The Morgan fingerprint density at radius 2 is 1.85 bits per heavy atom. The van der Waals surface area contributed by atoms with Gasteiger partial charge in [0.15, 0.2) is 0 Å². The minimum atomic E-state index is -0.178. The van der Waals surface area contributed by atoms with Crippen molar-refractivity contribution in [1.82, 2.24) is 4.90 Å². The number of rotatable bonds is 5. The van der Waals surface area contributed by atoms with Crippen molar-refractivity contribution in [3.63, 3.8) is 0 Å². The molecule has 1 fully saturated rings. The number of halogens is 1. The van der Waals surface area contributed by atoms with Gasteiger partial charge in [-0.3, -0.25) is 14.5 Å². The number of nitrogens with one attached hydrogen (secondary N) is 1. The van der Waals surface area contributed by atoms with Gasteiger partial charge in [0, 0.05) is 23.7 Å². The van der Waals surface area contributed by atoms with Crippen molar-refractivity contribution < 1.29 is 9.59 Å². The molecule has 1 saturated heterocycles. The van der Waals surface area contributed by atoms with Crippen LogP contribution < -0.4 is 5.32 Å². The van der Waals surface area contributed by atoms with E-state index in [0.717, 1.165) is 11.3 Å². The molecule has 7 heteroatoms. The third kappa shape index (κ3) is 4.72. The van der Waals surface area contributed by atoms with Crippen molar-refractivity contribution in [3.8, 4) is 0 Å². The number of para-hydroxylation sites is 1. The summed E-state index contributed by atoms with van der Waals surface area (Å²) in [6.45, 7) is 0.251. The molecule has 3 rings (SSSR count). The monoisotopic (exact) mass is 402 g/mol. The first-order valence-corrected chi connectivity index (χ1v) is 9.49. The molecule has 1 aliphatic rings. The molecule has 4 nitrogen and oxygen atoms in total. The largest absolute Gasteiger partial charge is 0.326 e. The lowest BCUT2D eigenvalue weighted by Gasteiger charge is -2.14. The summed E-state index contributed by atoms with van der Waals surface area (Å²) in [5.74, 6) is -0.339. The van der Waals surface area contributed by atoms with E-state index >= 15 is 0 Å². The predicted octanol–water partition coefficient (Wildman–Crippen LogP) is 4.57. The lowest BCUT2D eigenvalue weighted by Crippen LogP contribution is -2.31. The van der Waals surface area contributed by atoms with E-state index in [1.807, 2.05) is 42.5 Å². The van der Waals surface area contributed by atoms with Crippen LogP contribution in [0, 0.1) is 0 Å². The summed E-state index contributed by atoms with van der Waals surface area (Å²) in [5, 5.41) is 3.44. The van der Waals surface area contributed by atoms with Crippen molar-refractivity contribution in [3.05, 3.63) is 70.1 Å². The lowest BCUT2D eigenvalue weighted by molar-refractivity contribution is -0.122. The van der Waals surface area contributed by atoms with Crippen LogP contribution in [-0.2, 0) is 9.59 Å². The van der Waals surface area contributed by atoms with Gasteiger partial charge in [0.1, 0.15) is 4.32 Å². The number of hydrogen-bond acceptors (Lipinski definition) is 4. The van der Waals surface area contributed by atoms with Crippen LogP contribution in [0.15, 0.2) is 59.5 Å². The second kappa shape index (κ2) is 8.49. The average Bonchev–Trinajstić information content (AvgIpc) is 2.89. The smallest absolute Gasteiger partial charge is 0.266 e. The van der Waals surface area contributed by atoms with E-state index in [0.29, 0.717) is 14.2 Å². The van der Waals surface area contributed by atoms with Crippen LogP contribution in [0.4, 0.5) is 5.69 Å². The van der Waals surface area contributed by atoms with Gasteiger partial charge in [0.2, 0.25) is 5.91 Å². The van der Waals surface area contributed by atoms with Crippen molar-refractivity contribution >= 4 is 63.5 Å². The highest BCUT2D eigenvalue weighted by Gasteiger charge is 2.32. The first kappa shape index (κ1) is 18.6. The number of thiocarbonyl (C=S) groups is 1. The standard InChI is InChI=1S/C19H15ClN2O2S2/c20-14-8-6-13(7-9-14)12-16-18(24)22(19(25)26-16)11-10-17(23)21-15-4-2-1-3-5-15/h1-9,12H,10-11H2,(H,21,23). The summed E-state index contributed by atoms with van der Waals surface area (Å²) >= 11 is 12.4. The van der Waals surface area contributed by atoms with Crippen LogP contribution in [0.2, 0.25) is 5.02 Å². The molecule has 1 aliphatic heterocycles. The number of nitrogens with zero attached hydrogens (tertiary/aromatic N) is 1. The van der Waals surface area contributed by atoms with Gasteiger partial charge < -0.3 is 5.32 Å². The second-order valence-corrected chi connectivity index (χ2v) is 7.66. The number of benzene rings is 2. The molecule has 0 atom stereocenters. The molecule has 2 aromatic rings. The third-order valence-electron chi connectivity index (χ3n) is 3.66. The number of hydrogen-bond donors (Lipinski definition) is 1. The van der Waals surface area contributed by atoms with E-state index in [9.17, 15) is 9.59 Å². The fourth-order valence-electron chi connectivity index (χ4n) is 2.36. The van der Waals surface area contributed by atoms with Gasteiger partial charge in [-0.2, -0.15) is 0 Å². The van der Waals surface area contributed by atoms with Crippen molar-refractivity contribution in [2.75, 3.05) is 11.9 Å². The number of carbonyl (C=O) groups is 2. The van der Waals surface area contributed by atoms with Crippen molar-refractivity contribution in [1.29, 1.82) is 0 Å². The van der Waals surface area contributed by atoms with Gasteiger partial charge in [0.25, 0.3) is 5.91 Å². The van der Waals surface area contributed by atoms with Crippen LogP contribution in [0.3, 0.4) is 0 Å². The Labute approximate surface area is 166 Å². The van der Waals surface area contributed by atoms with E-state index in [1.54, 1.807) is 18.2 Å². The Balaban J connectivity index is 1.60. The van der Waals surface area contributed by atoms with Gasteiger partial charge in [0.05, 0.1) is 4.91 Å². The second-order valence-electron chi connectivity index (χ2n) is 5.55. The molecule has 0 bridgehead atoms. The van der Waals surface area contributed by atoms with E-state index in [-0.39, 0.29) is 24.8 Å². The van der Waals surface area contributed by atoms with E-state index in [4.69, 9.17) is 23.8 Å². The summed E-state index contributed by atoms with van der Waals surface area (Å²) in [6.07, 6.45) is 1.95. The maximum atomic E-state index is 12.5. The van der Waals surface area contributed by atoms with Gasteiger partial charge in [-0.1, -0.05) is 65.9 Å². The summed E-state index contributed by atoms with van der Waals surface area (Å²) in [7, 11) is 0. The van der Waals surface area contributed by atoms with Crippen LogP contribution >= 0.6 is 35.6 Å². The molecule has 1 N–H and O–H groups in total. The molecule has 0 aliphatic carbocycles. The molecule has 0 radical (unpaired) electrons. The first-order chi connectivity index (χ1) is 12.5. The van der Waals surface area contributed by atoms with Crippen LogP contribution in [-0.4, -0.2) is 27.6 Å². The topological polar surface area (TPSA) is 49.4 Å². The zero-order valence-corrected chi connectivity index (χ0v) is 16.0. The van der Waals surface area contributed by atoms with E-state index in [2.05, 4.69) is 5.32 Å². The average molecular weight is 403 g/mol. The zero-order chi connectivity index (χ0) is 18.5. The summed E-state index contributed by atoms with van der Waals surface area (Å²) in [5.41, 5.74) is 1.60. The minimum Gasteiger partial charge on any atom is -0.326 e. The molecule has 0 saturated carbocycles. The van der Waals surface area contributed by atoms with Gasteiger partial charge in [-0.05, 0) is 35.9 Å². The molecule has 0 unspecified atom stereocenters. The van der Waals surface area contributed by atoms with Gasteiger partial charge in [-0.25, -0.2) is 0 Å². The Morgan fingerprint density at radius 3 is 2.54 bits per heavy atom. The Kier molecular flexibility index (Phi) is 6.08. The summed E-state index contributed by atoms with van der Waals surface area (Å²) < 4.78 is 0.461. The summed E-state index contributed by atoms with van der Waals surface area (Å²) in [6, 6.07) is 16.4. The predicted molar refractivity (Wildman–Crippen MR) is 111 cm³/mol. The Morgan fingerprint density at radius 1 is 1.15 bits per heavy atom. The molecule has 0 aromatic heterocycles. The Hall–Kier alpha value is -2.15. The molecule has 2 amide bonds. The minimum absolute atomic E-state index is 0.160.